The van der Waals surface area contributed by atoms with Crippen LogP contribution in [0.25, 0.3) is 0 Å². The lowest BCUT2D eigenvalue weighted by molar-refractivity contribution is -0.384. The molecule has 0 aliphatic rings. The van der Waals surface area contributed by atoms with Gasteiger partial charge in [-0.15, -0.1) is 0 Å². The molecular weight excluding hydrogens is 260 g/mol. The molecule has 0 bridgehead atoms. The average Bonchev–Trinajstić information content (AvgIpc) is 2.14. The van der Waals surface area contributed by atoms with Crippen LogP contribution in [0.2, 0.25) is 0 Å². The maximum absolute atomic E-state index is 10.7. The Labute approximate surface area is 96.3 Å². The third kappa shape index (κ3) is 3.36. The first-order valence-electron chi connectivity index (χ1n) is 4.33. The first-order chi connectivity index (χ1) is 7.00. The zero-order chi connectivity index (χ0) is 11.4. The van der Waals surface area contributed by atoms with Crippen molar-refractivity contribution in [2.24, 2.45) is 0 Å². The fraction of sp³-hybridized carbons (Fsp3) is 0.200. The van der Waals surface area contributed by atoms with Gasteiger partial charge in [-0.1, -0.05) is 28.6 Å². The van der Waals surface area contributed by atoms with Gasteiger partial charge in [-0.05, 0) is 18.6 Å². The summed E-state index contributed by atoms with van der Waals surface area (Å²) < 4.78 is 0.748. The minimum atomic E-state index is -0.404. The van der Waals surface area contributed by atoms with Gasteiger partial charge in [0.05, 0.1) is 4.92 Å². The summed E-state index contributed by atoms with van der Waals surface area (Å²) in [5.74, 6) is 0. The first kappa shape index (κ1) is 11.7. The summed E-state index contributed by atoms with van der Waals surface area (Å²) in [5.41, 5.74) is 1.57. The number of rotatable bonds is 4. The van der Waals surface area contributed by atoms with Gasteiger partial charge in [0.15, 0.2) is 0 Å². The Kier molecular flexibility index (Phi) is 3.85. The van der Waals surface area contributed by atoms with Gasteiger partial charge in [0, 0.05) is 17.1 Å². The molecule has 0 radical (unpaired) electrons. The summed E-state index contributed by atoms with van der Waals surface area (Å²) in [4.78, 5) is 10.3. The molecule has 15 heavy (non-hydrogen) atoms. The Morgan fingerprint density at radius 1 is 1.67 bits per heavy atom. The average molecular weight is 271 g/mol. The number of hydrogen-bond donors (Lipinski definition) is 1. The van der Waals surface area contributed by atoms with Crippen molar-refractivity contribution < 1.29 is 4.92 Å². The molecule has 4 nitrogen and oxygen atoms in total. The Hall–Kier alpha value is -1.36. The van der Waals surface area contributed by atoms with Crippen LogP contribution in [0.4, 0.5) is 11.4 Å². The molecule has 0 saturated carbocycles. The van der Waals surface area contributed by atoms with E-state index in [0.29, 0.717) is 12.2 Å². The predicted molar refractivity (Wildman–Crippen MR) is 64.4 cm³/mol. The number of nitrogens with zero attached hydrogens (tertiary/aromatic N) is 1. The summed E-state index contributed by atoms with van der Waals surface area (Å²) in [7, 11) is 0. The molecule has 0 aliphatic carbocycles. The monoisotopic (exact) mass is 270 g/mol. The van der Waals surface area contributed by atoms with Gasteiger partial charge < -0.3 is 5.32 Å². The Bertz CT molecular complexity index is 404. The van der Waals surface area contributed by atoms with E-state index in [-0.39, 0.29) is 5.69 Å². The second-order valence-electron chi connectivity index (χ2n) is 3.15. The fourth-order valence-corrected chi connectivity index (χ4v) is 1.28. The number of aryl methyl sites for hydroxylation is 1. The second-order valence-corrected chi connectivity index (χ2v) is 4.27. The third-order valence-electron chi connectivity index (χ3n) is 1.82. The molecule has 0 heterocycles. The zero-order valence-electron chi connectivity index (χ0n) is 8.29. The van der Waals surface area contributed by atoms with Crippen LogP contribution in [-0.2, 0) is 0 Å². The molecule has 0 unspecified atom stereocenters. The summed E-state index contributed by atoms with van der Waals surface area (Å²) in [6, 6.07) is 4.95. The quantitative estimate of drug-likeness (QED) is 0.675. The normalized spacial score (nSPS) is 9.73. The van der Waals surface area contributed by atoms with Crippen molar-refractivity contribution in [1.82, 2.24) is 0 Å². The number of benzene rings is 1. The highest BCUT2D eigenvalue weighted by molar-refractivity contribution is 9.11. The number of nitrogens with one attached hydrogen (secondary N) is 1. The van der Waals surface area contributed by atoms with Crippen molar-refractivity contribution in [3.05, 3.63) is 44.9 Å². The topological polar surface area (TPSA) is 55.2 Å². The molecule has 0 atom stereocenters. The maximum atomic E-state index is 10.7. The second kappa shape index (κ2) is 4.93. The molecular formula is C10H11BrN2O2. The molecule has 0 fully saturated rings. The third-order valence-corrected chi connectivity index (χ3v) is 2.10. The lowest BCUT2D eigenvalue weighted by Gasteiger charge is -2.06. The summed E-state index contributed by atoms with van der Waals surface area (Å²) >= 11 is 3.19. The summed E-state index contributed by atoms with van der Waals surface area (Å²) in [6.07, 6.45) is 0. The highest BCUT2D eigenvalue weighted by Gasteiger charge is 2.12. The molecule has 0 saturated heterocycles. The molecule has 0 aliphatic heterocycles. The van der Waals surface area contributed by atoms with Crippen LogP contribution < -0.4 is 5.32 Å². The van der Waals surface area contributed by atoms with Crippen LogP contribution in [0.1, 0.15) is 5.56 Å². The van der Waals surface area contributed by atoms with E-state index in [9.17, 15) is 10.1 Å². The van der Waals surface area contributed by atoms with Gasteiger partial charge in [-0.3, -0.25) is 10.1 Å². The van der Waals surface area contributed by atoms with Crippen LogP contribution in [0.5, 0.6) is 0 Å². The molecule has 0 amide bonds. The van der Waals surface area contributed by atoms with Crippen molar-refractivity contribution in [1.29, 1.82) is 0 Å². The van der Waals surface area contributed by atoms with Gasteiger partial charge in [0.1, 0.15) is 5.69 Å². The van der Waals surface area contributed by atoms with Gasteiger partial charge >= 0.3 is 0 Å². The van der Waals surface area contributed by atoms with Crippen LogP contribution in [0, 0.1) is 17.0 Å². The van der Waals surface area contributed by atoms with E-state index in [1.165, 1.54) is 6.07 Å². The highest BCUT2D eigenvalue weighted by Crippen LogP contribution is 2.25. The van der Waals surface area contributed by atoms with Gasteiger partial charge in [-0.25, -0.2) is 0 Å². The van der Waals surface area contributed by atoms with E-state index >= 15 is 0 Å². The molecule has 0 spiro atoms. The standard InChI is InChI=1S/C10H11BrN2O2/c1-7-3-4-10(13(14)15)9(5-7)12-6-8(2)11/h3-5,12H,2,6H2,1H3. The van der Waals surface area contributed by atoms with Crippen LogP contribution in [-0.4, -0.2) is 11.5 Å². The van der Waals surface area contributed by atoms with Crippen LogP contribution >= 0.6 is 15.9 Å². The number of hydrogen-bond acceptors (Lipinski definition) is 3. The first-order valence-corrected chi connectivity index (χ1v) is 5.12. The minimum Gasteiger partial charge on any atom is -0.375 e. The Morgan fingerprint density at radius 3 is 2.87 bits per heavy atom. The van der Waals surface area contributed by atoms with Gasteiger partial charge in [0.25, 0.3) is 5.69 Å². The van der Waals surface area contributed by atoms with Crippen molar-refractivity contribution in [3.8, 4) is 0 Å². The molecule has 1 rings (SSSR count). The lowest BCUT2D eigenvalue weighted by atomic mass is 10.2. The zero-order valence-corrected chi connectivity index (χ0v) is 9.87. The van der Waals surface area contributed by atoms with Crippen molar-refractivity contribution in [2.45, 2.75) is 6.92 Å². The van der Waals surface area contributed by atoms with E-state index in [1.807, 2.05) is 6.92 Å². The fourth-order valence-electron chi connectivity index (χ4n) is 1.14. The predicted octanol–water partition coefficient (Wildman–Crippen LogP) is 3.22. The molecule has 5 heteroatoms. The number of nitro groups is 1. The Morgan fingerprint density at radius 2 is 2.33 bits per heavy atom. The van der Waals surface area contributed by atoms with Crippen LogP contribution in [0.15, 0.2) is 29.3 Å². The summed E-state index contributed by atoms with van der Waals surface area (Å²) in [6.45, 7) is 6.00. The molecule has 80 valence electrons. The maximum Gasteiger partial charge on any atom is 0.292 e. The van der Waals surface area contributed by atoms with E-state index in [4.69, 9.17) is 0 Å². The number of anilines is 1. The smallest absolute Gasteiger partial charge is 0.292 e. The molecule has 1 aromatic carbocycles. The molecule has 1 aromatic rings. The number of halogens is 1. The highest BCUT2D eigenvalue weighted by atomic mass is 79.9. The van der Waals surface area contributed by atoms with E-state index in [2.05, 4.69) is 27.8 Å². The molecule has 0 aromatic heterocycles. The van der Waals surface area contributed by atoms with Crippen molar-refractivity contribution in [3.63, 3.8) is 0 Å². The number of nitro benzene ring substituents is 1. The van der Waals surface area contributed by atoms with Crippen molar-refractivity contribution >= 4 is 27.3 Å². The van der Waals surface area contributed by atoms with Crippen molar-refractivity contribution in [2.75, 3.05) is 11.9 Å². The Balaban J connectivity index is 2.96. The largest absolute Gasteiger partial charge is 0.375 e. The molecule has 1 N–H and O–H groups in total. The van der Waals surface area contributed by atoms with E-state index in [1.54, 1.807) is 12.1 Å². The van der Waals surface area contributed by atoms with Crippen LogP contribution in [0.3, 0.4) is 0 Å². The minimum absolute atomic E-state index is 0.0781. The van der Waals surface area contributed by atoms with E-state index < -0.39 is 4.92 Å². The van der Waals surface area contributed by atoms with E-state index in [0.717, 1.165) is 10.0 Å². The summed E-state index contributed by atoms with van der Waals surface area (Å²) in [5, 5.41) is 13.7. The van der Waals surface area contributed by atoms with Gasteiger partial charge in [-0.2, -0.15) is 0 Å². The SMILES string of the molecule is C=C(Br)CNc1cc(C)ccc1[N+](=O)[O-]. The van der Waals surface area contributed by atoms with Gasteiger partial charge in [0.2, 0.25) is 0 Å². The lowest BCUT2D eigenvalue weighted by Crippen LogP contribution is -2.04.